The Kier molecular flexibility index (Phi) is 2.76. The number of hydrogen-bond acceptors (Lipinski definition) is 1. The number of nitrogens with zero attached hydrogens (tertiary/aromatic N) is 1. The first kappa shape index (κ1) is 11.2. The minimum atomic E-state index is -1.34. The Balaban J connectivity index is 2.10. The van der Waals surface area contributed by atoms with Gasteiger partial charge in [0.1, 0.15) is 5.67 Å². The maximum atomic E-state index is 14.3. The highest BCUT2D eigenvalue weighted by atomic mass is 35.5. The number of guanidine groups is 1. The van der Waals surface area contributed by atoms with E-state index >= 15 is 0 Å². The Morgan fingerprint density at radius 3 is 2.69 bits per heavy atom. The van der Waals surface area contributed by atoms with Crippen molar-refractivity contribution in [3.63, 3.8) is 0 Å². The predicted octanol–water partition coefficient (Wildman–Crippen LogP) is 1.94. The molecule has 0 atom stereocenters. The summed E-state index contributed by atoms with van der Waals surface area (Å²) < 4.78 is 14.3. The lowest BCUT2D eigenvalue weighted by Crippen LogP contribution is -2.42. The highest BCUT2D eigenvalue weighted by molar-refractivity contribution is 6.30. The van der Waals surface area contributed by atoms with Crippen molar-refractivity contribution in [2.75, 3.05) is 0 Å². The van der Waals surface area contributed by atoms with Gasteiger partial charge in [-0.3, -0.25) is 4.99 Å². The van der Waals surface area contributed by atoms with Crippen molar-refractivity contribution in [2.24, 2.45) is 16.5 Å². The molecule has 0 aromatic heterocycles. The Bertz CT molecular complexity index is 423. The van der Waals surface area contributed by atoms with Gasteiger partial charge in [0.25, 0.3) is 0 Å². The second-order valence-corrected chi connectivity index (χ2v) is 4.53. The molecule has 86 valence electrons. The van der Waals surface area contributed by atoms with E-state index in [1.165, 1.54) is 0 Å². The van der Waals surface area contributed by atoms with Crippen molar-refractivity contribution < 1.29 is 4.39 Å². The van der Waals surface area contributed by atoms with Crippen molar-refractivity contribution in [3.8, 4) is 0 Å². The molecule has 16 heavy (non-hydrogen) atoms. The van der Waals surface area contributed by atoms with Crippen LogP contribution < -0.4 is 11.5 Å². The van der Waals surface area contributed by atoms with Crippen LogP contribution in [0.4, 0.5) is 4.39 Å². The first-order valence-corrected chi connectivity index (χ1v) is 5.41. The van der Waals surface area contributed by atoms with Crippen LogP contribution in [-0.2, 0) is 5.67 Å². The lowest BCUT2D eigenvalue weighted by molar-refractivity contribution is 0.0414. The van der Waals surface area contributed by atoms with E-state index in [2.05, 4.69) is 4.99 Å². The van der Waals surface area contributed by atoms with Gasteiger partial charge in [0.15, 0.2) is 5.96 Å². The van der Waals surface area contributed by atoms with Gasteiger partial charge in [0.2, 0.25) is 0 Å². The third kappa shape index (κ3) is 2.11. The van der Waals surface area contributed by atoms with E-state index in [1.54, 1.807) is 24.3 Å². The lowest BCUT2D eigenvalue weighted by atomic mass is 9.73. The summed E-state index contributed by atoms with van der Waals surface area (Å²) in [6, 6.07) is 6.73. The van der Waals surface area contributed by atoms with Gasteiger partial charge in [-0.25, -0.2) is 4.39 Å². The van der Waals surface area contributed by atoms with Crippen LogP contribution in [-0.4, -0.2) is 12.0 Å². The molecule has 1 aromatic carbocycles. The maximum absolute atomic E-state index is 14.3. The van der Waals surface area contributed by atoms with Crippen molar-refractivity contribution in [1.29, 1.82) is 0 Å². The Morgan fingerprint density at radius 1 is 1.44 bits per heavy atom. The number of aliphatic imine (C=N–C) groups is 1. The molecule has 0 aliphatic heterocycles. The maximum Gasteiger partial charge on any atom is 0.186 e. The number of hydrogen-bond donors (Lipinski definition) is 2. The third-order valence-electron chi connectivity index (χ3n) is 2.79. The van der Waals surface area contributed by atoms with E-state index in [0.29, 0.717) is 23.4 Å². The fourth-order valence-electron chi connectivity index (χ4n) is 1.99. The summed E-state index contributed by atoms with van der Waals surface area (Å²) in [5.41, 5.74) is 9.74. The molecular weight excluding hydrogens is 229 g/mol. The lowest BCUT2D eigenvalue weighted by Gasteiger charge is -2.39. The van der Waals surface area contributed by atoms with Crippen LogP contribution >= 0.6 is 11.6 Å². The monoisotopic (exact) mass is 241 g/mol. The molecule has 4 N–H and O–H groups in total. The largest absolute Gasteiger partial charge is 0.370 e. The van der Waals surface area contributed by atoms with Gasteiger partial charge in [0.05, 0.1) is 6.04 Å². The number of benzene rings is 1. The van der Waals surface area contributed by atoms with Crippen molar-refractivity contribution in [3.05, 3.63) is 34.9 Å². The summed E-state index contributed by atoms with van der Waals surface area (Å²) in [6.45, 7) is 0. The van der Waals surface area contributed by atoms with Gasteiger partial charge >= 0.3 is 0 Å². The Morgan fingerprint density at radius 2 is 2.12 bits per heavy atom. The molecule has 5 heteroatoms. The van der Waals surface area contributed by atoms with E-state index in [0.717, 1.165) is 0 Å². The third-order valence-corrected chi connectivity index (χ3v) is 3.03. The zero-order valence-corrected chi connectivity index (χ0v) is 9.41. The van der Waals surface area contributed by atoms with Crippen LogP contribution in [0.2, 0.25) is 5.02 Å². The molecule has 1 aliphatic rings. The van der Waals surface area contributed by atoms with Gasteiger partial charge in [-0.2, -0.15) is 0 Å². The second-order valence-electron chi connectivity index (χ2n) is 4.09. The van der Waals surface area contributed by atoms with Crippen LogP contribution in [0.3, 0.4) is 0 Å². The molecule has 0 radical (unpaired) electrons. The molecule has 3 nitrogen and oxygen atoms in total. The first-order valence-electron chi connectivity index (χ1n) is 5.03. The first-order chi connectivity index (χ1) is 7.49. The Hall–Kier alpha value is -1.29. The molecule has 1 aliphatic carbocycles. The zero-order chi connectivity index (χ0) is 11.8. The molecule has 0 amide bonds. The van der Waals surface area contributed by atoms with E-state index < -0.39 is 5.67 Å². The van der Waals surface area contributed by atoms with Crippen LogP contribution in [0.5, 0.6) is 0 Å². The topological polar surface area (TPSA) is 64.4 Å². The number of halogens is 2. The van der Waals surface area contributed by atoms with Crippen LogP contribution in [0.25, 0.3) is 0 Å². The highest BCUT2D eigenvalue weighted by Gasteiger charge is 2.46. The quantitative estimate of drug-likeness (QED) is 0.614. The van der Waals surface area contributed by atoms with Crippen LogP contribution in [0.1, 0.15) is 18.4 Å². The summed E-state index contributed by atoms with van der Waals surface area (Å²) in [7, 11) is 0. The summed E-state index contributed by atoms with van der Waals surface area (Å²) in [5, 5.41) is 0.541. The smallest absolute Gasteiger partial charge is 0.186 e. The molecule has 0 saturated heterocycles. The summed E-state index contributed by atoms with van der Waals surface area (Å²) in [5.74, 6) is 0.0122. The summed E-state index contributed by atoms with van der Waals surface area (Å²) in [4.78, 5) is 3.93. The van der Waals surface area contributed by atoms with E-state index in [1.807, 2.05) is 0 Å². The Labute approximate surface area is 98.3 Å². The molecule has 0 heterocycles. The SMILES string of the molecule is NC(N)=NC1CC(F)(c2cccc(Cl)c2)C1. The highest BCUT2D eigenvalue weighted by Crippen LogP contribution is 2.47. The van der Waals surface area contributed by atoms with E-state index in [9.17, 15) is 4.39 Å². The van der Waals surface area contributed by atoms with Crippen LogP contribution in [0, 0.1) is 0 Å². The fourth-order valence-corrected chi connectivity index (χ4v) is 2.18. The summed E-state index contributed by atoms with van der Waals surface area (Å²) in [6.07, 6.45) is 0.622. The van der Waals surface area contributed by atoms with Gasteiger partial charge in [-0.1, -0.05) is 23.7 Å². The van der Waals surface area contributed by atoms with Gasteiger partial charge in [-0.15, -0.1) is 0 Å². The van der Waals surface area contributed by atoms with Gasteiger partial charge in [0, 0.05) is 17.9 Å². The van der Waals surface area contributed by atoms with Crippen molar-refractivity contribution in [1.82, 2.24) is 0 Å². The normalized spacial score (nSPS) is 28.2. The number of rotatable bonds is 2. The molecule has 0 unspecified atom stereocenters. The molecular formula is C11H13ClFN3. The predicted molar refractivity (Wildman–Crippen MR) is 63.1 cm³/mol. The molecule has 1 aromatic rings. The van der Waals surface area contributed by atoms with E-state index in [-0.39, 0.29) is 12.0 Å². The standard InChI is InChI=1S/C11H13ClFN3/c12-8-3-1-2-7(4-8)11(13)5-9(6-11)16-10(14)15/h1-4,9H,5-6H2,(H4,14,15,16). The van der Waals surface area contributed by atoms with Crippen LogP contribution in [0.15, 0.2) is 29.3 Å². The number of nitrogens with two attached hydrogens (primary N) is 2. The zero-order valence-electron chi connectivity index (χ0n) is 8.66. The molecule has 1 fully saturated rings. The second kappa shape index (κ2) is 3.94. The molecule has 1 saturated carbocycles. The van der Waals surface area contributed by atoms with E-state index in [4.69, 9.17) is 23.1 Å². The van der Waals surface area contributed by atoms with Crippen molar-refractivity contribution in [2.45, 2.75) is 24.6 Å². The molecule has 0 spiro atoms. The average molecular weight is 242 g/mol. The summed E-state index contributed by atoms with van der Waals surface area (Å²) >= 11 is 5.82. The molecule has 2 rings (SSSR count). The number of alkyl halides is 1. The fraction of sp³-hybridized carbons (Fsp3) is 0.364. The van der Waals surface area contributed by atoms with Crippen molar-refractivity contribution >= 4 is 17.6 Å². The minimum absolute atomic E-state index is 0.0122. The average Bonchev–Trinajstić information content (AvgIpc) is 2.14. The van der Waals surface area contributed by atoms with Gasteiger partial charge < -0.3 is 11.5 Å². The molecule has 0 bridgehead atoms. The minimum Gasteiger partial charge on any atom is -0.370 e. The van der Waals surface area contributed by atoms with Gasteiger partial charge in [-0.05, 0) is 17.7 Å².